The van der Waals surface area contributed by atoms with Crippen LogP contribution in [0.3, 0.4) is 0 Å². The number of rotatable bonds is 0. The first-order valence-corrected chi connectivity index (χ1v) is 2.94. The molecule has 0 aliphatic heterocycles. The van der Waals surface area contributed by atoms with Gasteiger partial charge in [-0.2, -0.15) is 5.26 Å². The summed E-state index contributed by atoms with van der Waals surface area (Å²) in [6.07, 6.45) is 0. The molecule has 0 aliphatic carbocycles. The van der Waals surface area contributed by atoms with Crippen molar-refractivity contribution in [2.45, 2.75) is 0 Å². The summed E-state index contributed by atoms with van der Waals surface area (Å²) in [5, 5.41) is 17.5. The number of benzene rings is 1. The van der Waals surface area contributed by atoms with Gasteiger partial charge >= 0.3 is 0 Å². The molecular weight excluding hydrogens is 125 g/mol. The minimum Gasteiger partial charge on any atom is -0.509 e. The lowest BCUT2D eigenvalue weighted by Gasteiger charge is -1.95. The van der Waals surface area contributed by atoms with Crippen LogP contribution in [0.1, 0.15) is 5.56 Å². The lowest BCUT2D eigenvalue weighted by molar-refractivity contribution is 0.479. The molecular formula is C7H6BNO. The number of phenolic OH excluding ortho intramolecular Hbond substituents is 1. The molecule has 0 aliphatic rings. The Kier molecular flexibility index (Phi) is 1.64. The summed E-state index contributed by atoms with van der Waals surface area (Å²) in [5.74, 6) is 0.235. The Morgan fingerprint density at radius 1 is 1.50 bits per heavy atom. The standard InChI is InChI=1S/C7H6BNO/c8-6-3-5(4-9)1-2-7(6)10/h1-3,10H,8H2. The third kappa shape index (κ3) is 1.11. The number of nitriles is 1. The van der Waals surface area contributed by atoms with Crippen molar-refractivity contribution >= 4 is 13.3 Å². The van der Waals surface area contributed by atoms with Gasteiger partial charge in [-0.3, -0.25) is 0 Å². The van der Waals surface area contributed by atoms with Crippen molar-refractivity contribution in [1.82, 2.24) is 0 Å². The van der Waals surface area contributed by atoms with Gasteiger partial charge in [-0.05, 0) is 23.7 Å². The van der Waals surface area contributed by atoms with E-state index in [1.165, 1.54) is 6.07 Å². The average Bonchev–Trinajstić information content (AvgIpc) is 1.95. The number of aromatic hydroxyl groups is 1. The van der Waals surface area contributed by atoms with Crippen molar-refractivity contribution in [2.24, 2.45) is 0 Å². The van der Waals surface area contributed by atoms with Crippen LogP contribution >= 0.6 is 0 Å². The third-order valence-electron chi connectivity index (χ3n) is 1.33. The summed E-state index contributed by atoms with van der Waals surface area (Å²) in [6.45, 7) is 0. The average molecular weight is 131 g/mol. The van der Waals surface area contributed by atoms with Crippen LogP contribution in [-0.2, 0) is 0 Å². The fraction of sp³-hybridized carbons (Fsp3) is 0. The summed E-state index contributed by atoms with van der Waals surface area (Å²) in [4.78, 5) is 0. The Balaban J connectivity index is 3.20. The first kappa shape index (κ1) is 6.69. The molecule has 0 saturated heterocycles. The fourth-order valence-electron chi connectivity index (χ4n) is 0.725. The monoisotopic (exact) mass is 131 g/mol. The maximum Gasteiger partial charge on any atom is 0.144 e. The molecule has 0 atom stereocenters. The third-order valence-corrected chi connectivity index (χ3v) is 1.33. The number of hydrogen-bond acceptors (Lipinski definition) is 2. The fourth-order valence-corrected chi connectivity index (χ4v) is 0.725. The van der Waals surface area contributed by atoms with Gasteiger partial charge in [-0.1, -0.05) is 0 Å². The Labute approximate surface area is 60.1 Å². The molecule has 48 valence electrons. The zero-order valence-corrected chi connectivity index (χ0v) is 5.63. The molecule has 0 radical (unpaired) electrons. The maximum absolute atomic E-state index is 9.03. The van der Waals surface area contributed by atoms with Gasteiger partial charge in [0.25, 0.3) is 0 Å². The normalized spacial score (nSPS) is 8.70. The van der Waals surface area contributed by atoms with Crippen LogP contribution in [0.2, 0.25) is 0 Å². The zero-order valence-electron chi connectivity index (χ0n) is 5.63. The first-order valence-electron chi connectivity index (χ1n) is 2.94. The number of hydrogen-bond donors (Lipinski definition) is 1. The SMILES string of the molecule is Bc1cc(C#N)ccc1O. The topological polar surface area (TPSA) is 44.0 Å². The molecule has 1 rings (SSSR count). The van der Waals surface area contributed by atoms with Crippen LogP contribution in [0, 0.1) is 11.3 Å². The Bertz CT molecular complexity index is 290. The second kappa shape index (κ2) is 2.44. The van der Waals surface area contributed by atoms with Crippen LogP contribution in [0.15, 0.2) is 18.2 Å². The summed E-state index contributed by atoms with van der Waals surface area (Å²) in [6, 6.07) is 6.74. The largest absolute Gasteiger partial charge is 0.509 e. The van der Waals surface area contributed by atoms with Crippen molar-refractivity contribution < 1.29 is 5.11 Å². The smallest absolute Gasteiger partial charge is 0.144 e. The molecule has 3 heteroatoms. The van der Waals surface area contributed by atoms with Gasteiger partial charge in [0.1, 0.15) is 13.6 Å². The number of nitrogens with zero attached hydrogens (tertiary/aromatic N) is 1. The van der Waals surface area contributed by atoms with Gasteiger partial charge in [-0.25, -0.2) is 0 Å². The Morgan fingerprint density at radius 2 is 2.20 bits per heavy atom. The van der Waals surface area contributed by atoms with Gasteiger partial charge in [0.15, 0.2) is 0 Å². The van der Waals surface area contributed by atoms with E-state index in [4.69, 9.17) is 10.4 Å². The van der Waals surface area contributed by atoms with Gasteiger partial charge < -0.3 is 5.11 Å². The van der Waals surface area contributed by atoms with Crippen LogP contribution in [-0.4, -0.2) is 13.0 Å². The second-order valence-corrected chi connectivity index (χ2v) is 2.11. The predicted octanol–water partition coefficient (Wildman–Crippen LogP) is -0.478. The van der Waals surface area contributed by atoms with Crippen LogP contribution < -0.4 is 5.46 Å². The van der Waals surface area contributed by atoms with Crippen molar-refractivity contribution in [3.8, 4) is 11.8 Å². The Hall–Kier alpha value is -1.43. The molecule has 0 unspecified atom stereocenters. The molecule has 0 aromatic heterocycles. The van der Waals surface area contributed by atoms with E-state index in [0.717, 1.165) is 5.46 Å². The van der Waals surface area contributed by atoms with Crippen LogP contribution in [0.4, 0.5) is 0 Å². The van der Waals surface area contributed by atoms with Crippen molar-refractivity contribution in [1.29, 1.82) is 5.26 Å². The van der Waals surface area contributed by atoms with E-state index in [2.05, 4.69) is 0 Å². The van der Waals surface area contributed by atoms with Crippen molar-refractivity contribution in [2.75, 3.05) is 0 Å². The summed E-state index contributed by atoms with van der Waals surface area (Å²) >= 11 is 0. The maximum atomic E-state index is 9.03. The van der Waals surface area contributed by atoms with E-state index >= 15 is 0 Å². The summed E-state index contributed by atoms with van der Waals surface area (Å²) in [5.41, 5.74) is 1.31. The van der Waals surface area contributed by atoms with E-state index in [-0.39, 0.29) is 5.75 Å². The highest BCUT2D eigenvalue weighted by molar-refractivity contribution is 6.34. The van der Waals surface area contributed by atoms with E-state index < -0.39 is 0 Å². The van der Waals surface area contributed by atoms with E-state index in [1.54, 1.807) is 20.0 Å². The van der Waals surface area contributed by atoms with Crippen LogP contribution in [0.25, 0.3) is 0 Å². The lowest BCUT2D eigenvalue weighted by Crippen LogP contribution is -2.02. The summed E-state index contributed by atoms with van der Waals surface area (Å²) < 4.78 is 0. The minimum atomic E-state index is 0.235. The molecule has 0 bridgehead atoms. The number of phenols is 1. The van der Waals surface area contributed by atoms with Gasteiger partial charge in [0, 0.05) is 0 Å². The second-order valence-electron chi connectivity index (χ2n) is 2.11. The molecule has 0 spiro atoms. The molecule has 1 N–H and O–H groups in total. The molecule has 0 fully saturated rings. The van der Waals surface area contributed by atoms with E-state index in [1.807, 2.05) is 6.07 Å². The van der Waals surface area contributed by atoms with Crippen molar-refractivity contribution in [3.05, 3.63) is 23.8 Å². The highest BCUT2D eigenvalue weighted by Gasteiger charge is 1.94. The molecule has 0 amide bonds. The highest BCUT2D eigenvalue weighted by atomic mass is 16.3. The minimum absolute atomic E-state index is 0.235. The summed E-state index contributed by atoms with van der Waals surface area (Å²) in [7, 11) is 1.76. The van der Waals surface area contributed by atoms with Crippen LogP contribution in [0.5, 0.6) is 5.75 Å². The van der Waals surface area contributed by atoms with Gasteiger partial charge in [0.2, 0.25) is 0 Å². The zero-order chi connectivity index (χ0) is 7.56. The molecule has 0 heterocycles. The molecule has 1 aromatic carbocycles. The molecule has 2 nitrogen and oxygen atoms in total. The molecule has 1 aromatic rings. The quantitative estimate of drug-likeness (QED) is 0.483. The van der Waals surface area contributed by atoms with Gasteiger partial charge in [-0.15, -0.1) is 0 Å². The lowest BCUT2D eigenvalue weighted by atomic mass is 9.93. The molecule has 0 saturated carbocycles. The highest BCUT2D eigenvalue weighted by Crippen LogP contribution is 2.04. The van der Waals surface area contributed by atoms with Crippen molar-refractivity contribution in [3.63, 3.8) is 0 Å². The Morgan fingerprint density at radius 3 is 2.70 bits per heavy atom. The molecule has 10 heavy (non-hydrogen) atoms. The van der Waals surface area contributed by atoms with E-state index in [9.17, 15) is 0 Å². The van der Waals surface area contributed by atoms with E-state index in [0.29, 0.717) is 5.56 Å². The first-order chi connectivity index (χ1) is 4.74. The predicted molar refractivity (Wildman–Crippen MR) is 41.0 cm³/mol. The van der Waals surface area contributed by atoms with Gasteiger partial charge in [0.05, 0.1) is 11.6 Å².